The second-order valence-electron chi connectivity index (χ2n) is 5.40. The molecular weight excluding hydrogens is 415 g/mol. The van der Waals surface area contributed by atoms with Crippen LogP contribution in [-0.4, -0.2) is 9.55 Å². The smallest absolute Gasteiger partial charge is 0.262 e. The summed E-state index contributed by atoms with van der Waals surface area (Å²) in [7, 11) is 0. The monoisotopic (exact) mass is 428 g/mol. The lowest BCUT2D eigenvalue weighted by Crippen LogP contribution is -2.24. The highest BCUT2D eigenvalue weighted by molar-refractivity contribution is 14.1. The van der Waals surface area contributed by atoms with E-state index in [0.29, 0.717) is 23.3 Å². The molecule has 118 valence electrons. The first-order valence-electron chi connectivity index (χ1n) is 7.51. The summed E-state index contributed by atoms with van der Waals surface area (Å²) in [6.07, 6.45) is 1.61. The summed E-state index contributed by atoms with van der Waals surface area (Å²) in [5, 5.41) is 0.610. The Morgan fingerprint density at radius 1 is 1.00 bits per heavy atom. The van der Waals surface area contributed by atoms with Gasteiger partial charge in [-0.05, 0) is 52.9 Å². The maximum absolute atomic E-state index is 13.0. The lowest BCUT2D eigenvalue weighted by molar-refractivity contribution is 0.490. The van der Waals surface area contributed by atoms with Gasteiger partial charge in [-0.15, -0.1) is 0 Å². The van der Waals surface area contributed by atoms with Crippen molar-refractivity contribution in [1.29, 1.82) is 0 Å². The van der Waals surface area contributed by atoms with Gasteiger partial charge < -0.3 is 4.42 Å². The first-order chi connectivity index (χ1) is 11.7. The van der Waals surface area contributed by atoms with Gasteiger partial charge in [-0.1, -0.05) is 30.3 Å². The van der Waals surface area contributed by atoms with Gasteiger partial charge in [-0.25, -0.2) is 4.98 Å². The molecule has 0 aliphatic heterocycles. The van der Waals surface area contributed by atoms with E-state index in [-0.39, 0.29) is 5.56 Å². The second kappa shape index (κ2) is 6.24. The largest absolute Gasteiger partial charge is 0.467 e. The number of hydrogen-bond donors (Lipinski definition) is 0. The molecule has 0 spiro atoms. The Morgan fingerprint density at radius 3 is 2.58 bits per heavy atom. The van der Waals surface area contributed by atoms with Gasteiger partial charge in [0.25, 0.3) is 5.56 Å². The number of aromatic nitrogens is 2. The van der Waals surface area contributed by atoms with E-state index in [0.717, 1.165) is 14.9 Å². The van der Waals surface area contributed by atoms with E-state index in [2.05, 4.69) is 22.6 Å². The van der Waals surface area contributed by atoms with Gasteiger partial charge in [0, 0.05) is 9.13 Å². The van der Waals surface area contributed by atoms with Crippen LogP contribution < -0.4 is 5.56 Å². The number of benzene rings is 2. The van der Waals surface area contributed by atoms with E-state index in [4.69, 9.17) is 9.40 Å². The molecule has 2 aromatic carbocycles. The van der Waals surface area contributed by atoms with Crippen LogP contribution in [0.1, 0.15) is 5.76 Å². The summed E-state index contributed by atoms with van der Waals surface area (Å²) < 4.78 is 8.16. The molecule has 0 aliphatic carbocycles. The standard InChI is InChI=1S/C19H13IN2O2/c20-16-9-3-1-7-14(16)18-21-17-10-4-2-8-15(17)19(23)22(18)12-13-6-5-11-24-13/h1-11H,12H2. The zero-order valence-corrected chi connectivity index (χ0v) is 14.8. The van der Waals surface area contributed by atoms with Crippen LogP contribution in [0.25, 0.3) is 22.3 Å². The molecule has 4 rings (SSSR count). The van der Waals surface area contributed by atoms with Crippen molar-refractivity contribution in [2.45, 2.75) is 6.54 Å². The molecule has 0 unspecified atom stereocenters. The molecule has 0 saturated heterocycles. The minimum Gasteiger partial charge on any atom is -0.467 e. The van der Waals surface area contributed by atoms with Crippen LogP contribution in [0.4, 0.5) is 0 Å². The Kier molecular flexibility index (Phi) is 3.93. The van der Waals surface area contributed by atoms with Gasteiger partial charge in [0.05, 0.1) is 23.7 Å². The molecule has 5 heteroatoms. The molecule has 4 nitrogen and oxygen atoms in total. The van der Waals surface area contributed by atoms with Gasteiger partial charge in [0.15, 0.2) is 0 Å². The van der Waals surface area contributed by atoms with Crippen LogP contribution in [0.15, 0.2) is 76.1 Å². The molecule has 24 heavy (non-hydrogen) atoms. The third-order valence-electron chi connectivity index (χ3n) is 3.87. The maximum Gasteiger partial charge on any atom is 0.262 e. The average Bonchev–Trinajstić information content (AvgIpc) is 3.11. The van der Waals surface area contributed by atoms with Crippen molar-refractivity contribution in [2.24, 2.45) is 0 Å². The van der Waals surface area contributed by atoms with E-state index >= 15 is 0 Å². The van der Waals surface area contributed by atoms with Crippen molar-refractivity contribution in [3.8, 4) is 11.4 Å². The zero-order valence-electron chi connectivity index (χ0n) is 12.6. The lowest BCUT2D eigenvalue weighted by atomic mass is 10.1. The predicted octanol–water partition coefficient (Wildman–Crippen LogP) is 4.31. The number of rotatable bonds is 3. The molecular formula is C19H13IN2O2. The Labute approximate surface area is 151 Å². The van der Waals surface area contributed by atoms with E-state index in [1.807, 2.05) is 60.7 Å². The molecule has 0 atom stereocenters. The van der Waals surface area contributed by atoms with Crippen LogP contribution in [0.5, 0.6) is 0 Å². The highest BCUT2D eigenvalue weighted by Crippen LogP contribution is 2.24. The molecule has 0 saturated carbocycles. The molecule has 2 heterocycles. The summed E-state index contributed by atoms with van der Waals surface area (Å²) in [4.78, 5) is 17.8. The van der Waals surface area contributed by atoms with Crippen molar-refractivity contribution in [1.82, 2.24) is 9.55 Å². The first kappa shape index (κ1) is 15.1. The van der Waals surface area contributed by atoms with E-state index < -0.39 is 0 Å². The Balaban J connectivity index is 2.03. The molecule has 0 N–H and O–H groups in total. The molecule has 0 amide bonds. The highest BCUT2D eigenvalue weighted by Gasteiger charge is 2.15. The average molecular weight is 428 g/mol. The second-order valence-corrected chi connectivity index (χ2v) is 6.57. The highest BCUT2D eigenvalue weighted by atomic mass is 127. The first-order valence-corrected chi connectivity index (χ1v) is 8.59. The Hall–Kier alpha value is -2.41. The van der Waals surface area contributed by atoms with Crippen molar-refractivity contribution in [3.63, 3.8) is 0 Å². The third-order valence-corrected chi connectivity index (χ3v) is 4.81. The number of para-hydroxylation sites is 1. The predicted molar refractivity (Wildman–Crippen MR) is 102 cm³/mol. The summed E-state index contributed by atoms with van der Waals surface area (Å²) >= 11 is 2.27. The third kappa shape index (κ3) is 2.65. The fourth-order valence-corrected chi connectivity index (χ4v) is 3.35. The van der Waals surface area contributed by atoms with Crippen LogP contribution in [0, 0.1) is 3.57 Å². The number of nitrogens with zero attached hydrogens (tertiary/aromatic N) is 2. The normalized spacial score (nSPS) is 11.0. The minimum absolute atomic E-state index is 0.0633. The molecule has 2 aromatic heterocycles. The molecule has 4 aromatic rings. The number of hydrogen-bond acceptors (Lipinski definition) is 3. The van der Waals surface area contributed by atoms with E-state index in [9.17, 15) is 4.79 Å². The lowest BCUT2D eigenvalue weighted by Gasteiger charge is -2.13. The molecule has 0 radical (unpaired) electrons. The Morgan fingerprint density at radius 2 is 1.79 bits per heavy atom. The SMILES string of the molecule is O=c1c2ccccc2nc(-c2ccccc2I)n1Cc1ccco1. The summed E-state index contributed by atoms with van der Waals surface area (Å²) in [6.45, 7) is 0.351. The van der Waals surface area contributed by atoms with Crippen LogP contribution in [0.3, 0.4) is 0 Å². The van der Waals surface area contributed by atoms with Gasteiger partial charge >= 0.3 is 0 Å². The van der Waals surface area contributed by atoms with Gasteiger partial charge in [-0.3, -0.25) is 9.36 Å². The van der Waals surface area contributed by atoms with Gasteiger partial charge in [-0.2, -0.15) is 0 Å². The van der Waals surface area contributed by atoms with Crippen molar-refractivity contribution in [3.05, 3.63) is 86.6 Å². The van der Waals surface area contributed by atoms with Crippen LogP contribution >= 0.6 is 22.6 Å². The van der Waals surface area contributed by atoms with E-state index in [1.165, 1.54) is 0 Å². The van der Waals surface area contributed by atoms with Crippen LogP contribution in [0.2, 0.25) is 0 Å². The summed E-state index contributed by atoms with van der Waals surface area (Å²) in [5.74, 6) is 1.38. The number of halogens is 1. The summed E-state index contributed by atoms with van der Waals surface area (Å²) in [5.41, 5.74) is 1.58. The minimum atomic E-state index is -0.0633. The topological polar surface area (TPSA) is 48.0 Å². The van der Waals surface area contributed by atoms with Crippen LogP contribution in [-0.2, 0) is 6.54 Å². The molecule has 0 aliphatic rings. The van der Waals surface area contributed by atoms with Gasteiger partial charge in [0.1, 0.15) is 11.6 Å². The maximum atomic E-state index is 13.0. The molecule has 0 fully saturated rings. The number of fused-ring (bicyclic) bond motifs is 1. The quantitative estimate of drug-likeness (QED) is 0.457. The molecule has 0 bridgehead atoms. The van der Waals surface area contributed by atoms with Crippen molar-refractivity contribution >= 4 is 33.5 Å². The summed E-state index contributed by atoms with van der Waals surface area (Å²) in [6, 6.07) is 19.0. The number of furan rings is 1. The fourth-order valence-electron chi connectivity index (χ4n) is 2.72. The zero-order chi connectivity index (χ0) is 16.5. The Bertz CT molecular complexity index is 1070. The fraction of sp³-hybridized carbons (Fsp3) is 0.0526. The van der Waals surface area contributed by atoms with E-state index in [1.54, 1.807) is 10.8 Å². The van der Waals surface area contributed by atoms with Crippen molar-refractivity contribution < 1.29 is 4.42 Å². The van der Waals surface area contributed by atoms with Crippen molar-refractivity contribution in [2.75, 3.05) is 0 Å². The van der Waals surface area contributed by atoms with Gasteiger partial charge in [0.2, 0.25) is 0 Å².